The van der Waals surface area contributed by atoms with Crippen molar-refractivity contribution in [1.29, 1.82) is 0 Å². The van der Waals surface area contributed by atoms with Crippen LogP contribution in [0.1, 0.15) is 44.2 Å². The highest BCUT2D eigenvalue weighted by atomic mass is 35.5. The Balaban J connectivity index is 1.94. The molecule has 4 heteroatoms. The lowest BCUT2D eigenvalue weighted by molar-refractivity contribution is 0.340. The molecule has 0 unspecified atom stereocenters. The van der Waals surface area contributed by atoms with E-state index < -0.39 is 0 Å². The summed E-state index contributed by atoms with van der Waals surface area (Å²) in [5, 5.41) is 2.20. The van der Waals surface area contributed by atoms with E-state index in [-0.39, 0.29) is 6.04 Å². The highest BCUT2D eigenvalue weighted by Gasteiger charge is 2.30. The second-order valence-electron chi connectivity index (χ2n) is 6.54. The summed E-state index contributed by atoms with van der Waals surface area (Å²) in [5.74, 6) is 0.730. The molecule has 0 aromatic heterocycles. The third kappa shape index (κ3) is 4.02. The van der Waals surface area contributed by atoms with Crippen LogP contribution in [-0.4, -0.2) is 6.54 Å². The molecule has 1 aliphatic heterocycles. The maximum Gasteiger partial charge on any atom is 0.0557 e. The van der Waals surface area contributed by atoms with Crippen LogP contribution in [0.2, 0.25) is 15.1 Å². The molecule has 3 rings (SSSR count). The van der Waals surface area contributed by atoms with Gasteiger partial charge in [0.2, 0.25) is 0 Å². The monoisotopic (exact) mass is 381 g/mol. The molecule has 0 bridgehead atoms. The minimum absolute atomic E-state index is 0.282. The summed E-state index contributed by atoms with van der Waals surface area (Å²) in [6.45, 7) is 3.31. The Morgan fingerprint density at radius 1 is 0.958 bits per heavy atom. The normalized spacial score (nSPS) is 21.1. The van der Waals surface area contributed by atoms with Crippen LogP contribution in [0.25, 0.3) is 0 Å². The largest absolute Gasteiger partial charge is 0.364 e. The molecule has 0 spiro atoms. The average molecular weight is 383 g/mol. The van der Waals surface area contributed by atoms with Gasteiger partial charge >= 0.3 is 0 Å². The first kappa shape index (κ1) is 17.9. The van der Waals surface area contributed by atoms with E-state index in [4.69, 9.17) is 34.8 Å². The molecule has 2 aromatic carbocycles. The number of piperidine rings is 1. The number of nitrogens with zero attached hydrogens (tertiary/aromatic N) is 1. The highest BCUT2D eigenvalue weighted by Crippen LogP contribution is 2.41. The summed E-state index contributed by atoms with van der Waals surface area (Å²) in [7, 11) is 0. The molecule has 1 saturated heterocycles. The quantitative estimate of drug-likeness (QED) is 0.532. The molecule has 1 fully saturated rings. The van der Waals surface area contributed by atoms with Gasteiger partial charge < -0.3 is 4.90 Å². The number of halogens is 3. The first-order valence-corrected chi connectivity index (χ1v) is 9.69. The summed E-state index contributed by atoms with van der Waals surface area (Å²) in [5.41, 5.74) is 2.36. The summed E-state index contributed by atoms with van der Waals surface area (Å²) in [4.78, 5) is 2.48. The van der Waals surface area contributed by atoms with Crippen molar-refractivity contribution in [2.24, 2.45) is 5.92 Å². The van der Waals surface area contributed by atoms with Gasteiger partial charge in [-0.15, -0.1) is 0 Å². The molecule has 2 atom stereocenters. The number of hydrogen-bond acceptors (Lipinski definition) is 1. The van der Waals surface area contributed by atoms with Crippen LogP contribution in [0.3, 0.4) is 0 Å². The van der Waals surface area contributed by atoms with Gasteiger partial charge in [-0.05, 0) is 67.1 Å². The van der Waals surface area contributed by atoms with Crippen molar-refractivity contribution in [3.8, 4) is 0 Å². The standard InChI is InChI=1S/C20H22Cl3N/c1-2-3-14-4-11-20(18-10-7-16(22)12-19(18)23)24(13-14)17-8-5-15(21)6-9-17/h5-10,12,14,20H,2-4,11,13H2,1H3/t14-,20+/m1/s1. The summed E-state index contributed by atoms with van der Waals surface area (Å²) in [6, 6.07) is 14.3. The van der Waals surface area contributed by atoms with Crippen molar-refractivity contribution in [2.75, 3.05) is 11.4 Å². The average Bonchev–Trinajstić information content (AvgIpc) is 2.56. The smallest absolute Gasteiger partial charge is 0.0557 e. The zero-order valence-corrected chi connectivity index (χ0v) is 16.1. The maximum atomic E-state index is 6.51. The van der Waals surface area contributed by atoms with Crippen LogP contribution < -0.4 is 4.90 Å². The molecule has 24 heavy (non-hydrogen) atoms. The third-order valence-corrected chi connectivity index (χ3v) is 5.67. The van der Waals surface area contributed by atoms with Gasteiger partial charge in [-0.1, -0.05) is 54.2 Å². The van der Waals surface area contributed by atoms with E-state index >= 15 is 0 Å². The molecule has 1 aliphatic rings. The number of benzene rings is 2. The molecule has 0 amide bonds. The Hall–Kier alpha value is -0.890. The molecular formula is C20H22Cl3N. The highest BCUT2D eigenvalue weighted by molar-refractivity contribution is 6.35. The minimum Gasteiger partial charge on any atom is -0.364 e. The van der Waals surface area contributed by atoms with Gasteiger partial charge in [0.05, 0.1) is 6.04 Å². The topological polar surface area (TPSA) is 3.24 Å². The molecule has 128 valence electrons. The maximum absolute atomic E-state index is 6.51. The van der Waals surface area contributed by atoms with E-state index in [1.165, 1.54) is 24.9 Å². The minimum atomic E-state index is 0.282. The van der Waals surface area contributed by atoms with Crippen molar-refractivity contribution < 1.29 is 0 Å². The molecule has 0 radical (unpaired) electrons. The van der Waals surface area contributed by atoms with Gasteiger partial charge in [-0.2, -0.15) is 0 Å². The van der Waals surface area contributed by atoms with Crippen molar-refractivity contribution in [3.05, 3.63) is 63.1 Å². The fourth-order valence-electron chi connectivity index (χ4n) is 3.70. The van der Waals surface area contributed by atoms with Crippen LogP contribution in [-0.2, 0) is 0 Å². The summed E-state index contributed by atoms with van der Waals surface area (Å²) >= 11 is 18.7. The van der Waals surface area contributed by atoms with E-state index in [9.17, 15) is 0 Å². The zero-order valence-electron chi connectivity index (χ0n) is 13.8. The molecule has 2 aromatic rings. The van der Waals surface area contributed by atoms with Gasteiger partial charge in [0.25, 0.3) is 0 Å². The van der Waals surface area contributed by atoms with Crippen molar-refractivity contribution >= 4 is 40.5 Å². The number of anilines is 1. The Labute approximate surface area is 159 Å². The van der Waals surface area contributed by atoms with E-state index in [0.717, 1.165) is 34.5 Å². The Kier molecular flexibility index (Phi) is 5.97. The third-order valence-electron chi connectivity index (χ3n) is 4.86. The molecular weight excluding hydrogens is 361 g/mol. The number of rotatable bonds is 4. The predicted octanol–water partition coefficient (Wildman–Crippen LogP) is 7.40. The van der Waals surface area contributed by atoms with Crippen LogP contribution in [0.15, 0.2) is 42.5 Å². The van der Waals surface area contributed by atoms with Crippen molar-refractivity contribution in [1.82, 2.24) is 0 Å². The summed E-state index contributed by atoms with van der Waals surface area (Å²) < 4.78 is 0. The van der Waals surface area contributed by atoms with E-state index in [0.29, 0.717) is 5.02 Å². The second kappa shape index (κ2) is 7.99. The first-order chi connectivity index (χ1) is 11.6. The van der Waals surface area contributed by atoms with Gasteiger partial charge in [0, 0.05) is 27.3 Å². The first-order valence-electron chi connectivity index (χ1n) is 8.55. The van der Waals surface area contributed by atoms with E-state index in [2.05, 4.69) is 30.0 Å². The zero-order chi connectivity index (χ0) is 17.1. The molecule has 0 saturated carbocycles. The van der Waals surface area contributed by atoms with Gasteiger partial charge in [-0.25, -0.2) is 0 Å². The lowest BCUT2D eigenvalue weighted by Crippen LogP contribution is -2.38. The van der Waals surface area contributed by atoms with E-state index in [1.807, 2.05) is 24.3 Å². The van der Waals surface area contributed by atoms with Crippen LogP contribution >= 0.6 is 34.8 Å². The van der Waals surface area contributed by atoms with E-state index in [1.54, 1.807) is 0 Å². The Morgan fingerprint density at radius 3 is 2.33 bits per heavy atom. The van der Waals surface area contributed by atoms with Crippen LogP contribution in [0.5, 0.6) is 0 Å². The fourth-order valence-corrected chi connectivity index (χ4v) is 4.36. The lowest BCUT2D eigenvalue weighted by atomic mass is 9.86. The van der Waals surface area contributed by atoms with Crippen LogP contribution in [0.4, 0.5) is 5.69 Å². The van der Waals surface area contributed by atoms with Gasteiger partial charge in [0.15, 0.2) is 0 Å². The molecule has 0 N–H and O–H groups in total. The van der Waals surface area contributed by atoms with Gasteiger partial charge in [-0.3, -0.25) is 0 Å². The SMILES string of the molecule is CCC[C@@H]1CC[C@@H](c2ccc(Cl)cc2Cl)N(c2ccc(Cl)cc2)C1. The lowest BCUT2D eigenvalue weighted by Gasteiger charge is -2.42. The Bertz CT molecular complexity index is 684. The molecule has 1 nitrogen and oxygen atoms in total. The molecule has 1 heterocycles. The summed E-state index contributed by atoms with van der Waals surface area (Å²) in [6.07, 6.45) is 4.84. The van der Waals surface area contributed by atoms with Crippen molar-refractivity contribution in [2.45, 2.75) is 38.6 Å². The van der Waals surface area contributed by atoms with Crippen LogP contribution in [0, 0.1) is 5.92 Å². The second-order valence-corrected chi connectivity index (χ2v) is 7.82. The number of hydrogen-bond donors (Lipinski definition) is 0. The fraction of sp³-hybridized carbons (Fsp3) is 0.400. The molecule has 0 aliphatic carbocycles. The van der Waals surface area contributed by atoms with Crippen molar-refractivity contribution in [3.63, 3.8) is 0 Å². The predicted molar refractivity (Wildman–Crippen MR) is 106 cm³/mol. The Morgan fingerprint density at radius 2 is 1.67 bits per heavy atom. The van der Waals surface area contributed by atoms with Gasteiger partial charge in [0.1, 0.15) is 0 Å².